The van der Waals surface area contributed by atoms with E-state index >= 15 is 0 Å². The molecule has 2 rings (SSSR count). The van der Waals surface area contributed by atoms with E-state index in [1.807, 2.05) is 0 Å². The van der Waals surface area contributed by atoms with Crippen molar-refractivity contribution in [1.82, 2.24) is 9.71 Å². The molecule has 18 heavy (non-hydrogen) atoms. The van der Waals surface area contributed by atoms with Crippen molar-refractivity contribution in [2.24, 2.45) is 0 Å². The Kier molecular flexibility index (Phi) is 3.65. The van der Waals surface area contributed by atoms with Gasteiger partial charge in [-0.3, -0.25) is 0 Å². The standard InChI is InChI=1S/C11H13N3O2S2/c1-8-2-3-9(12)4-11(8)18(15,16)14-5-10-6-17-7-13-10/h2-4,6-7,14H,5,12H2,1H3. The molecule has 7 heteroatoms. The minimum atomic E-state index is -3.55. The molecule has 1 heterocycles. The maximum absolute atomic E-state index is 12.1. The Labute approximate surface area is 110 Å². The van der Waals surface area contributed by atoms with Crippen molar-refractivity contribution in [3.63, 3.8) is 0 Å². The van der Waals surface area contributed by atoms with Gasteiger partial charge in [0.05, 0.1) is 22.6 Å². The lowest BCUT2D eigenvalue weighted by Gasteiger charge is -2.09. The number of hydrogen-bond donors (Lipinski definition) is 2. The van der Waals surface area contributed by atoms with E-state index in [2.05, 4.69) is 9.71 Å². The summed E-state index contributed by atoms with van der Waals surface area (Å²) in [5.41, 5.74) is 9.06. The highest BCUT2D eigenvalue weighted by molar-refractivity contribution is 7.89. The van der Waals surface area contributed by atoms with Crippen LogP contribution in [0.25, 0.3) is 0 Å². The third kappa shape index (κ3) is 2.87. The molecule has 1 aromatic heterocycles. The highest BCUT2D eigenvalue weighted by atomic mass is 32.2. The van der Waals surface area contributed by atoms with Gasteiger partial charge in [0.1, 0.15) is 0 Å². The van der Waals surface area contributed by atoms with E-state index in [4.69, 9.17) is 5.73 Å². The summed E-state index contributed by atoms with van der Waals surface area (Å²) in [5.74, 6) is 0. The largest absolute Gasteiger partial charge is 0.399 e. The molecular formula is C11H13N3O2S2. The molecule has 96 valence electrons. The molecule has 0 saturated heterocycles. The van der Waals surface area contributed by atoms with Crippen LogP contribution in [0.15, 0.2) is 34.0 Å². The lowest BCUT2D eigenvalue weighted by atomic mass is 10.2. The van der Waals surface area contributed by atoms with E-state index < -0.39 is 10.0 Å². The highest BCUT2D eigenvalue weighted by Crippen LogP contribution is 2.18. The van der Waals surface area contributed by atoms with Crippen molar-refractivity contribution in [1.29, 1.82) is 0 Å². The topological polar surface area (TPSA) is 85.1 Å². The Bertz CT molecular complexity index is 636. The molecule has 0 atom stereocenters. The zero-order chi connectivity index (χ0) is 13.2. The number of hydrogen-bond acceptors (Lipinski definition) is 5. The molecule has 3 N–H and O–H groups in total. The van der Waals surface area contributed by atoms with Gasteiger partial charge in [-0.2, -0.15) is 0 Å². The second kappa shape index (κ2) is 5.05. The number of anilines is 1. The summed E-state index contributed by atoms with van der Waals surface area (Å²) in [6.07, 6.45) is 0. The Hall–Kier alpha value is -1.44. The molecule has 1 aromatic carbocycles. The first-order chi connectivity index (χ1) is 8.49. The van der Waals surface area contributed by atoms with Crippen LogP contribution >= 0.6 is 11.3 Å². The minimum absolute atomic E-state index is 0.181. The van der Waals surface area contributed by atoms with Crippen LogP contribution in [0.1, 0.15) is 11.3 Å². The van der Waals surface area contributed by atoms with Crippen molar-refractivity contribution < 1.29 is 8.42 Å². The van der Waals surface area contributed by atoms with Gasteiger partial charge in [-0.1, -0.05) is 6.07 Å². The van der Waals surface area contributed by atoms with E-state index in [-0.39, 0.29) is 11.4 Å². The maximum atomic E-state index is 12.1. The van der Waals surface area contributed by atoms with Crippen molar-refractivity contribution in [2.45, 2.75) is 18.4 Å². The average Bonchev–Trinajstić information content (AvgIpc) is 2.83. The Morgan fingerprint density at radius 2 is 2.22 bits per heavy atom. The SMILES string of the molecule is Cc1ccc(N)cc1S(=O)(=O)NCc1cscn1. The van der Waals surface area contributed by atoms with Crippen molar-refractivity contribution >= 4 is 27.0 Å². The van der Waals surface area contributed by atoms with Gasteiger partial charge in [0, 0.05) is 11.1 Å². The number of sulfonamides is 1. The molecule has 5 nitrogen and oxygen atoms in total. The lowest BCUT2D eigenvalue weighted by Crippen LogP contribution is -2.24. The summed E-state index contributed by atoms with van der Waals surface area (Å²) in [6.45, 7) is 1.91. The number of nitrogens with two attached hydrogens (primary N) is 1. The first-order valence-corrected chi connectivity index (χ1v) is 7.64. The molecule has 2 aromatic rings. The smallest absolute Gasteiger partial charge is 0.241 e. The molecule has 0 aliphatic rings. The summed E-state index contributed by atoms with van der Waals surface area (Å²) in [6, 6.07) is 4.82. The molecule has 0 aliphatic carbocycles. The van der Waals surface area contributed by atoms with Crippen LogP contribution in [0.2, 0.25) is 0 Å². The van der Waals surface area contributed by atoms with Gasteiger partial charge < -0.3 is 5.73 Å². The summed E-state index contributed by atoms with van der Waals surface area (Å²) < 4.78 is 26.7. The summed E-state index contributed by atoms with van der Waals surface area (Å²) >= 11 is 1.43. The fraction of sp³-hybridized carbons (Fsp3) is 0.182. The first kappa shape index (κ1) is 13.0. The number of benzene rings is 1. The van der Waals surface area contributed by atoms with Gasteiger partial charge in [0.2, 0.25) is 10.0 Å². The van der Waals surface area contributed by atoms with Crippen molar-refractivity contribution in [3.8, 4) is 0 Å². The van der Waals surface area contributed by atoms with Gasteiger partial charge in [-0.25, -0.2) is 18.1 Å². The number of aromatic nitrogens is 1. The molecule has 0 unspecified atom stereocenters. The molecule has 0 radical (unpaired) electrons. The van der Waals surface area contributed by atoms with Crippen LogP contribution in [0.5, 0.6) is 0 Å². The third-order valence-electron chi connectivity index (χ3n) is 2.43. The van der Waals surface area contributed by atoms with Crippen LogP contribution in [0, 0.1) is 6.92 Å². The monoisotopic (exact) mass is 283 g/mol. The molecule has 0 spiro atoms. The highest BCUT2D eigenvalue weighted by Gasteiger charge is 2.17. The molecule has 0 fully saturated rings. The van der Waals surface area contributed by atoms with Crippen LogP contribution in [0.3, 0.4) is 0 Å². The number of nitrogen functional groups attached to an aromatic ring is 1. The first-order valence-electron chi connectivity index (χ1n) is 5.22. The molecule has 0 saturated carbocycles. The van der Waals surface area contributed by atoms with E-state index in [0.717, 1.165) is 0 Å². The quantitative estimate of drug-likeness (QED) is 0.833. The fourth-order valence-electron chi connectivity index (χ4n) is 1.48. The lowest BCUT2D eigenvalue weighted by molar-refractivity contribution is 0.580. The Morgan fingerprint density at radius 1 is 1.44 bits per heavy atom. The summed E-state index contributed by atoms with van der Waals surface area (Å²) in [7, 11) is -3.55. The van der Waals surface area contributed by atoms with E-state index in [0.29, 0.717) is 16.9 Å². The van der Waals surface area contributed by atoms with Gasteiger partial charge in [-0.05, 0) is 24.6 Å². The molecule has 0 amide bonds. The molecule has 0 aliphatic heterocycles. The van der Waals surface area contributed by atoms with E-state index in [9.17, 15) is 8.42 Å². The van der Waals surface area contributed by atoms with Crippen LogP contribution < -0.4 is 10.5 Å². The predicted octanol–water partition coefficient (Wildman–Crippen LogP) is 1.51. The van der Waals surface area contributed by atoms with Crippen molar-refractivity contribution in [2.75, 3.05) is 5.73 Å². The second-order valence-electron chi connectivity index (χ2n) is 3.83. The normalized spacial score (nSPS) is 11.6. The third-order valence-corrected chi connectivity index (χ3v) is 4.61. The number of thiazole rings is 1. The maximum Gasteiger partial charge on any atom is 0.241 e. The molecular weight excluding hydrogens is 270 g/mol. The van der Waals surface area contributed by atoms with Crippen LogP contribution in [-0.4, -0.2) is 13.4 Å². The molecule has 0 bridgehead atoms. The van der Waals surface area contributed by atoms with Gasteiger partial charge in [0.25, 0.3) is 0 Å². The Morgan fingerprint density at radius 3 is 2.89 bits per heavy atom. The predicted molar refractivity (Wildman–Crippen MR) is 71.7 cm³/mol. The van der Waals surface area contributed by atoms with Crippen molar-refractivity contribution in [3.05, 3.63) is 40.3 Å². The number of nitrogens with zero attached hydrogens (tertiary/aromatic N) is 1. The van der Waals surface area contributed by atoms with Gasteiger partial charge in [0.15, 0.2) is 0 Å². The Balaban J connectivity index is 2.22. The number of rotatable bonds is 4. The average molecular weight is 283 g/mol. The van der Waals surface area contributed by atoms with E-state index in [1.165, 1.54) is 17.4 Å². The zero-order valence-corrected chi connectivity index (χ0v) is 11.4. The van der Waals surface area contributed by atoms with Gasteiger partial charge >= 0.3 is 0 Å². The number of nitrogens with one attached hydrogen (secondary N) is 1. The van der Waals surface area contributed by atoms with Crippen LogP contribution in [-0.2, 0) is 16.6 Å². The van der Waals surface area contributed by atoms with Gasteiger partial charge in [-0.15, -0.1) is 11.3 Å². The van der Waals surface area contributed by atoms with E-state index in [1.54, 1.807) is 29.9 Å². The second-order valence-corrected chi connectivity index (χ2v) is 6.28. The minimum Gasteiger partial charge on any atom is -0.399 e. The summed E-state index contributed by atoms with van der Waals surface area (Å²) in [5, 5.41) is 1.80. The van der Waals surface area contributed by atoms with Crippen LogP contribution in [0.4, 0.5) is 5.69 Å². The zero-order valence-electron chi connectivity index (χ0n) is 9.75. The fourth-order valence-corrected chi connectivity index (χ4v) is 3.31. The summed E-state index contributed by atoms with van der Waals surface area (Å²) in [4.78, 5) is 4.23. The number of aryl methyl sites for hydroxylation is 1.